The summed E-state index contributed by atoms with van der Waals surface area (Å²) in [5.41, 5.74) is -1.83. The van der Waals surface area contributed by atoms with E-state index in [2.05, 4.69) is 5.32 Å². The number of carboxylic acids is 2. The van der Waals surface area contributed by atoms with Crippen molar-refractivity contribution in [3.05, 3.63) is 0 Å². The summed E-state index contributed by atoms with van der Waals surface area (Å²) in [5, 5.41) is 27.1. The molecule has 0 spiro atoms. The lowest BCUT2D eigenvalue weighted by Crippen LogP contribution is -2.50. The number of nitrogens with one attached hydrogen (secondary N) is 1. The first-order valence-electron chi connectivity index (χ1n) is 3.04. The second-order valence-electron chi connectivity index (χ2n) is 2.29. The van der Waals surface area contributed by atoms with Crippen LogP contribution in [0.4, 0.5) is 0 Å². The van der Waals surface area contributed by atoms with E-state index < -0.39 is 24.0 Å². The van der Waals surface area contributed by atoms with E-state index in [0.717, 1.165) is 6.92 Å². The average Bonchev–Trinajstić information content (AvgIpc) is 1.99. The van der Waals surface area contributed by atoms with Gasteiger partial charge in [0.25, 0.3) is 0 Å². The highest BCUT2D eigenvalue weighted by Crippen LogP contribution is 2.00. The van der Waals surface area contributed by atoms with Crippen LogP contribution < -0.4 is 5.32 Å². The third-order valence-electron chi connectivity index (χ3n) is 1.24. The number of hydrogen-bond donors (Lipinski definition) is 3. The van der Waals surface area contributed by atoms with Crippen LogP contribution in [0.15, 0.2) is 0 Å². The fourth-order valence-corrected chi connectivity index (χ4v) is 0.415. The van der Waals surface area contributed by atoms with E-state index in [-0.39, 0.29) is 0 Å². The van der Waals surface area contributed by atoms with Crippen molar-refractivity contribution in [3.8, 4) is 6.07 Å². The molecule has 0 aromatic carbocycles. The van der Waals surface area contributed by atoms with Gasteiger partial charge in [0.15, 0.2) is 0 Å². The molecule has 66 valence electrons. The first-order valence-corrected chi connectivity index (χ1v) is 3.04. The van der Waals surface area contributed by atoms with Crippen LogP contribution in [0.3, 0.4) is 0 Å². The van der Waals surface area contributed by atoms with E-state index in [9.17, 15) is 9.59 Å². The number of carbonyl (C=O) groups is 2. The largest absolute Gasteiger partial charge is 0.480 e. The van der Waals surface area contributed by atoms with Crippen LogP contribution in [0.25, 0.3) is 0 Å². The minimum absolute atomic E-state index is 0.559. The van der Waals surface area contributed by atoms with Crippen LogP contribution in [0, 0.1) is 11.3 Å². The number of nitrogens with zero attached hydrogens (tertiary/aromatic N) is 1. The van der Waals surface area contributed by atoms with Gasteiger partial charge in [-0.05, 0) is 6.92 Å². The summed E-state index contributed by atoms with van der Waals surface area (Å²) < 4.78 is 0. The van der Waals surface area contributed by atoms with Crippen LogP contribution in [0.2, 0.25) is 0 Å². The second kappa shape index (κ2) is 3.69. The van der Waals surface area contributed by atoms with Crippen molar-refractivity contribution in [1.29, 1.82) is 5.26 Å². The average molecular weight is 172 g/mol. The maximum Gasteiger partial charge on any atom is 0.338 e. The molecule has 6 heteroatoms. The Balaban J connectivity index is 4.28. The fraction of sp³-hybridized carbons (Fsp3) is 0.500. The van der Waals surface area contributed by atoms with Gasteiger partial charge in [0.05, 0.1) is 12.6 Å². The zero-order chi connectivity index (χ0) is 9.78. The molecule has 0 aliphatic rings. The molecule has 1 unspecified atom stereocenters. The Labute approximate surface area is 68.4 Å². The van der Waals surface area contributed by atoms with Gasteiger partial charge in [-0.25, -0.2) is 4.79 Å². The third-order valence-corrected chi connectivity index (χ3v) is 1.24. The van der Waals surface area contributed by atoms with E-state index in [1.807, 2.05) is 0 Å². The number of carboxylic acid groups (broad SMARTS) is 2. The first-order chi connectivity index (χ1) is 5.42. The molecule has 6 nitrogen and oxygen atoms in total. The van der Waals surface area contributed by atoms with Gasteiger partial charge in [0, 0.05) is 0 Å². The number of nitriles is 1. The van der Waals surface area contributed by atoms with E-state index in [4.69, 9.17) is 15.5 Å². The molecule has 0 fully saturated rings. The number of hydrogen-bond acceptors (Lipinski definition) is 4. The lowest BCUT2D eigenvalue weighted by molar-refractivity contribution is -0.142. The van der Waals surface area contributed by atoms with Gasteiger partial charge < -0.3 is 10.2 Å². The summed E-state index contributed by atoms with van der Waals surface area (Å²) >= 11 is 0. The lowest BCUT2D eigenvalue weighted by Gasteiger charge is -2.15. The Hall–Kier alpha value is -1.61. The van der Waals surface area contributed by atoms with E-state index in [0.29, 0.717) is 0 Å². The summed E-state index contributed by atoms with van der Waals surface area (Å²) in [6.45, 7) is 0.536. The van der Waals surface area contributed by atoms with Gasteiger partial charge in [0.1, 0.15) is 0 Å². The van der Waals surface area contributed by atoms with Gasteiger partial charge in [-0.3, -0.25) is 10.1 Å². The standard InChI is InChI=1S/C6H8N2O4/c1-6(3-7,5(11)12)8-2-4(9)10/h8H,2H2,1H3,(H,9,10)(H,11,12). The summed E-state index contributed by atoms with van der Waals surface area (Å²) in [5.74, 6) is -2.61. The minimum Gasteiger partial charge on any atom is -0.480 e. The van der Waals surface area contributed by atoms with Crippen LogP contribution in [0.1, 0.15) is 6.92 Å². The third kappa shape index (κ3) is 2.56. The molecule has 0 aromatic rings. The van der Waals surface area contributed by atoms with Crippen molar-refractivity contribution >= 4 is 11.9 Å². The van der Waals surface area contributed by atoms with Gasteiger partial charge in [-0.2, -0.15) is 5.26 Å². The van der Waals surface area contributed by atoms with Gasteiger partial charge in [0.2, 0.25) is 5.54 Å². The van der Waals surface area contributed by atoms with Crippen LogP contribution in [-0.4, -0.2) is 34.2 Å². The Morgan fingerprint density at radius 2 is 2.08 bits per heavy atom. The molecule has 0 aliphatic heterocycles. The van der Waals surface area contributed by atoms with Crippen LogP contribution in [0.5, 0.6) is 0 Å². The molecule has 0 bridgehead atoms. The van der Waals surface area contributed by atoms with Crippen molar-refractivity contribution < 1.29 is 19.8 Å². The molecule has 1 atom stereocenters. The van der Waals surface area contributed by atoms with Gasteiger partial charge in [-0.1, -0.05) is 0 Å². The molecular formula is C6H8N2O4. The van der Waals surface area contributed by atoms with E-state index >= 15 is 0 Å². The zero-order valence-electron chi connectivity index (χ0n) is 6.37. The molecule has 0 amide bonds. The summed E-state index contributed by atoms with van der Waals surface area (Å²) in [6.07, 6.45) is 0. The Kier molecular flexibility index (Phi) is 3.19. The Morgan fingerprint density at radius 3 is 2.33 bits per heavy atom. The molecule has 0 heterocycles. The molecule has 0 saturated carbocycles. The van der Waals surface area contributed by atoms with Crippen molar-refractivity contribution in [3.63, 3.8) is 0 Å². The van der Waals surface area contributed by atoms with Crippen molar-refractivity contribution in [1.82, 2.24) is 5.32 Å². The second-order valence-corrected chi connectivity index (χ2v) is 2.29. The Bertz CT molecular complexity index is 244. The van der Waals surface area contributed by atoms with Crippen LogP contribution >= 0.6 is 0 Å². The molecule has 3 N–H and O–H groups in total. The normalized spacial score (nSPS) is 14.3. The van der Waals surface area contributed by atoms with Gasteiger partial charge in [-0.15, -0.1) is 0 Å². The quantitative estimate of drug-likeness (QED) is 0.503. The van der Waals surface area contributed by atoms with E-state index in [1.54, 1.807) is 0 Å². The molecule has 0 radical (unpaired) electrons. The minimum atomic E-state index is -1.83. The van der Waals surface area contributed by atoms with Crippen molar-refractivity contribution in [2.45, 2.75) is 12.5 Å². The molecule has 0 aromatic heterocycles. The SMILES string of the molecule is CC(C#N)(NCC(=O)O)C(=O)O. The highest BCUT2D eigenvalue weighted by molar-refractivity contribution is 5.82. The van der Waals surface area contributed by atoms with Crippen molar-refractivity contribution in [2.75, 3.05) is 6.54 Å². The first kappa shape index (κ1) is 10.4. The predicted molar refractivity (Wildman–Crippen MR) is 37.3 cm³/mol. The monoisotopic (exact) mass is 172 g/mol. The maximum absolute atomic E-state index is 10.4. The fourth-order valence-electron chi connectivity index (χ4n) is 0.415. The van der Waals surface area contributed by atoms with Crippen LogP contribution in [-0.2, 0) is 9.59 Å². The molecule has 0 aliphatic carbocycles. The maximum atomic E-state index is 10.4. The molecule has 12 heavy (non-hydrogen) atoms. The lowest BCUT2D eigenvalue weighted by atomic mass is 10.1. The summed E-state index contributed by atoms with van der Waals surface area (Å²) in [4.78, 5) is 20.4. The molecule has 0 rings (SSSR count). The number of rotatable bonds is 4. The Morgan fingerprint density at radius 1 is 1.58 bits per heavy atom. The zero-order valence-corrected chi connectivity index (χ0v) is 6.37. The van der Waals surface area contributed by atoms with E-state index in [1.165, 1.54) is 6.07 Å². The molecular weight excluding hydrogens is 164 g/mol. The van der Waals surface area contributed by atoms with Gasteiger partial charge >= 0.3 is 11.9 Å². The number of aliphatic carboxylic acids is 2. The summed E-state index contributed by atoms with van der Waals surface area (Å²) in [7, 11) is 0. The summed E-state index contributed by atoms with van der Waals surface area (Å²) in [6, 6.07) is 1.46. The smallest absolute Gasteiger partial charge is 0.338 e. The topological polar surface area (TPSA) is 110 Å². The highest BCUT2D eigenvalue weighted by Gasteiger charge is 2.32. The molecule has 0 saturated heterocycles. The highest BCUT2D eigenvalue weighted by atomic mass is 16.4. The predicted octanol–water partition coefficient (Wildman–Crippen LogP) is -0.973. The van der Waals surface area contributed by atoms with Crippen molar-refractivity contribution in [2.24, 2.45) is 0 Å².